The highest BCUT2D eigenvalue weighted by Crippen LogP contribution is 2.49. The first-order valence-corrected chi connectivity index (χ1v) is 14.6. The average molecular weight is 671 g/mol. The van der Waals surface area contributed by atoms with Crippen molar-refractivity contribution in [3.8, 4) is 39.8 Å². The fourth-order valence-electron chi connectivity index (χ4n) is 5.39. The Morgan fingerprint density at radius 2 is 1.40 bits per heavy atom. The van der Waals surface area contributed by atoms with Crippen LogP contribution in [0.15, 0.2) is 60.4 Å². The molecule has 0 amide bonds. The first-order chi connectivity index (χ1) is 23.1. The van der Waals surface area contributed by atoms with Crippen molar-refractivity contribution in [3.63, 3.8) is 0 Å². The molecule has 0 aliphatic heterocycles. The molecule has 0 fully saturated rings. The van der Waals surface area contributed by atoms with Gasteiger partial charge in [0.1, 0.15) is 11.4 Å². The molecule has 2 aromatic heterocycles. The number of nitrogens with one attached hydrogen (secondary N) is 2. The Balaban J connectivity index is 1.84. The van der Waals surface area contributed by atoms with Crippen LogP contribution in [0.1, 0.15) is 32.1 Å². The fraction of sp³-hybridized carbons (Fsp3) is 0.176. The van der Waals surface area contributed by atoms with E-state index in [1.807, 2.05) is 30.3 Å². The van der Waals surface area contributed by atoms with E-state index in [4.69, 9.17) is 35.9 Å². The van der Waals surface area contributed by atoms with E-state index in [9.17, 15) is 19.5 Å². The number of carboxylic acid groups (broad SMARTS) is 1. The number of carbonyl (C=O) groups is 3. The van der Waals surface area contributed by atoms with Gasteiger partial charge in [0, 0.05) is 16.8 Å². The number of carbonyl (C=O) groups excluding carboxylic acids is 2. The maximum absolute atomic E-state index is 13.2. The van der Waals surface area contributed by atoms with Gasteiger partial charge in [0.05, 0.1) is 52.5 Å². The van der Waals surface area contributed by atoms with Crippen molar-refractivity contribution >= 4 is 52.0 Å². The number of nitrogens with zero attached hydrogens (tertiary/aromatic N) is 2. The summed E-state index contributed by atoms with van der Waals surface area (Å²) < 4.78 is 27.4. The molecule has 0 bridgehead atoms. The number of aromatic nitrogens is 2. The zero-order chi connectivity index (χ0) is 34.7. The number of ketones is 2. The number of allylic oxidation sites excluding steroid dienone is 1. The lowest BCUT2D eigenvalue weighted by Crippen LogP contribution is -2.27. The Kier molecular flexibility index (Phi) is 9.56. The number of anilines is 2. The molecular weight excluding hydrogens is 640 g/mol. The lowest BCUT2D eigenvalue weighted by Gasteiger charge is -2.24. The lowest BCUT2D eigenvalue weighted by molar-refractivity contribution is -0.114. The van der Waals surface area contributed by atoms with Crippen molar-refractivity contribution in [1.29, 1.82) is 0 Å². The molecular formula is C34H30N4O9S. The molecule has 1 aliphatic carbocycles. The van der Waals surface area contributed by atoms with Crippen LogP contribution in [0.3, 0.4) is 0 Å². The smallest absolute Gasteiger partial charge is 0.354 e. The Labute approximate surface area is 280 Å². The van der Waals surface area contributed by atoms with E-state index >= 15 is 0 Å². The number of ether oxygens (including phenoxy) is 5. The van der Waals surface area contributed by atoms with Gasteiger partial charge in [-0.25, -0.2) is 14.8 Å². The Morgan fingerprint density at radius 3 is 2.00 bits per heavy atom. The van der Waals surface area contributed by atoms with Crippen molar-refractivity contribution in [2.45, 2.75) is 6.92 Å². The number of pyridine rings is 2. The SMILES string of the molecule is COC1=C(OC)c2ccc(-c3nc(C(=O)O)c(C)c(-c4ccc(OC)c(OC)c4OC)c3NC(=S)Nc3ccccc3)nc2C(=O)C1=O. The number of hydrogen-bond acceptors (Lipinski definition) is 11. The van der Waals surface area contributed by atoms with Crippen LogP contribution in [-0.2, 0) is 14.3 Å². The highest BCUT2D eigenvalue weighted by atomic mass is 32.1. The molecule has 13 nitrogen and oxygen atoms in total. The number of para-hydroxylation sites is 1. The molecule has 0 saturated carbocycles. The number of rotatable bonds is 10. The molecule has 2 aromatic carbocycles. The standard InChI is InChI=1S/C34H30N4O9S/c1-16-22(18-13-15-21(43-2)31(46-5)29(18)44-3)26(38-34(48)35-17-10-8-7-9-11-17)25(37-23(16)33(41)42)20-14-12-19-24(36-20)27(39)28(40)32(47-6)30(19)45-4/h7-15H,1-6H3,(H,41,42)(H2,35,38,48). The van der Waals surface area contributed by atoms with E-state index in [0.29, 0.717) is 22.6 Å². The summed E-state index contributed by atoms with van der Waals surface area (Å²) in [6.07, 6.45) is 0. The first kappa shape index (κ1) is 33.3. The van der Waals surface area contributed by atoms with Gasteiger partial charge in [-0.15, -0.1) is 0 Å². The topological polar surface area (TPSA) is 167 Å². The van der Waals surface area contributed by atoms with Crippen LogP contribution in [0.2, 0.25) is 0 Å². The summed E-state index contributed by atoms with van der Waals surface area (Å²) in [6, 6.07) is 15.5. The molecule has 0 saturated heterocycles. The molecule has 0 spiro atoms. The Bertz CT molecular complexity index is 2010. The van der Waals surface area contributed by atoms with Gasteiger partial charge in [-0.2, -0.15) is 0 Å². The molecule has 4 aromatic rings. The summed E-state index contributed by atoms with van der Waals surface area (Å²) in [6.45, 7) is 1.59. The highest BCUT2D eigenvalue weighted by molar-refractivity contribution is 7.80. The molecule has 1 aliphatic rings. The van der Waals surface area contributed by atoms with E-state index < -0.39 is 17.5 Å². The van der Waals surface area contributed by atoms with Gasteiger partial charge in [-0.05, 0) is 61.1 Å². The molecule has 5 rings (SSSR count). The summed E-state index contributed by atoms with van der Waals surface area (Å²) in [7, 11) is 6.95. The maximum atomic E-state index is 13.2. The van der Waals surface area contributed by atoms with Gasteiger partial charge < -0.3 is 39.4 Å². The largest absolute Gasteiger partial charge is 0.493 e. The minimum Gasteiger partial charge on any atom is -0.493 e. The van der Waals surface area contributed by atoms with Crippen LogP contribution in [0, 0.1) is 6.92 Å². The van der Waals surface area contributed by atoms with E-state index in [1.165, 1.54) is 47.7 Å². The second kappa shape index (κ2) is 13.8. The summed E-state index contributed by atoms with van der Waals surface area (Å²) in [5.41, 5.74) is 1.61. The second-order valence-electron chi connectivity index (χ2n) is 10.1. The third-order valence-electron chi connectivity index (χ3n) is 7.51. The minimum absolute atomic E-state index is 0.00517. The van der Waals surface area contributed by atoms with Gasteiger partial charge in [-0.1, -0.05) is 18.2 Å². The second-order valence-corrected chi connectivity index (χ2v) is 10.5. The number of benzene rings is 2. The summed E-state index contributed by atoms with van der Waals surface area (Å²) in [5, 5.41) is 16.7. The average Bonchev–Trinajstić information content (AvgIpc) is 3.09. The molecule has 3 N–H and O–H groups in total. The Morgan fingerprint density at radius 1 is 0.729 bits per heavy atom. The van der Waals surface area contributed by atoms with Gasteiger partial charge in [0.2, 0.25) is 11.5 Å². The van der Waals surface area contributed by atoms with Crippen molar-refractivity contribution in [2.75, 3.05) is 46.2 Å². The van der Waals surface area contributed by atoms with E-state index in [-0.39, 0.29) is 67.7 Å². The number of fused-ring (bicyclic) bond motifs is 1. The number of hydrogen-bond donors (Lipinski definition) is 3. The number of Topliss-reactive ketones (excluding diaryl/α,β-unsaturated/α-hetero) is 2. The van der Waals surface area contributed by atoms with Crippen molar-refractivity contribution < 1.29 is 43.2 Å². The predicted octanol–water partition coefficient (Wildman–Crippen LogP) is 5.38. The first-order valence-electron chi connectivity index (χ1n) is 14.2. The normalized spacial score (nSPS) is 12.2. The molecule has 0 unspecified atom stereocenters. The highest BCUT2D eigenvalue weighted by Gasteiger charge is 2.37. The molecule has 246 valence electrons. The number of methoxy groups -OCH3 is 5. The molecule has 14 heteroatoms. The predicted molar refractivity (Wildman–Crippen MR) is 181 cm³/mol. The van der Waals surface area contributed by atoms with Crippen LogP contribution in [0.4, 0.5) is 11.4 Å². The number of carboxylic acids is 1. The molecule has 48 heavy (non-hydrogen) atoms. The van der Waals surface area contributed by atoms with E-state index in [2.05, 4.69) is 20.6 Å². The van der Waals surface area contributed by atoms with Gasteiger partial charge in [0.25, 0.3) is 11.6 Å². The quantitative estimate of drug-likeness (QED) is 0.145. The summed E-state index contributed by atoms with van der Waals surface area (Å²) in [5.74, 6) is -2.58. The van der Waals surface area contributed by atoms with Crippen molar-refractivity contribution in [1.82, 2.24) is 9.97 Å². The van der Waals surface area contributed by atoms with Gasteiger partial charge in [-0.3, -0.25) is 9.59 Å². The third-order valence-corrected chi connectivity index (χ3v) is 7.72. The molecule has 2 heterocycles. The summed E-state index contributed by atoms with van der Waals surface area (Å²) in [4.78, 5) is 47.9. The van der Waals surface area contributed by atoms with E-state index in [0.717, 1.165) is 0 Å². The monoisotopic (exact) mass is 670 g/mol. The van der Waals surface area contributed by atoms with Gasteiger partial charge >= 0.3 is 5.97 Å². The van der Waals surface area contributed by atoms with Gasteiger partial charge in [0.15, 0.2) is 28.1 Å². The van der Waals surface area contributed by atoms with Crippen molar-refractivity contribution in [2.24, 2.45) is 0 Å². The summed E-state index contributed by atoms with van der Waals surface area (Å²) >= 11 is 5.71. The minimum atomic E-state index is -1.33. The van der Waals surface area contributed by atoms with Crippen LogP contribution in [0.25, 0.3) is 28.3 Å². The van der Waals surface area contributed by atoms with Crippen molar-refractivity contribution in [3.05, 3.63) is 82.9 Å². The van der Waals surface area contributed by atoms with Crippen LogP contribution in [0.5, 0.6) is 17.2 Å². The maximum Gasteiger partial charge on any atom is 0.354 e. The van der Waals surface area contributed by atoms with Crippen LogP contribution < -0.4 is 24.8 Å². The van der Waals surface area contributed by atoms with Crippen LogP contribution >= 0.6 is 12.2 Å². The zero-order valence-corrected chi connectivity index (χ0v) is 27.5. The third kappa shape index (κ3) is 5.84. The fourth-order valence-corrected chi connectivity index (χ4v) is 5.61. The molecule has 0 atom stereocenters. The zero-order valence-electron chi connectivity index (χ0n) is 26.7. The molecule has 0 radical (unpaired) electrons. The van der Waals surface area contributed by atoms with Crippen LogP contribution in [-0.4, -0.2) is 73.3 Å². The van der Waals surface area contributed by atoms with E-state index in [1.54, 1.807) is 19.1 Å². The number of aromatic carboxylic acids is 1. The number of thiocarbonyl (C=S) groups is 1. The lowest BCUT2D eigenvalue weighted by atomic mass is 9.93. The Hall–Kier alpha value is -6.02.